The van der Waals surface area contributed by atoms with Gasteiger partial charge in [-0.3, -0.25) is 9.89 Å². The van der Waals surface area contributed by atoms with Gasteiger partial charge in [0.05, 0.1) is 28.2 Å². The Morgan fingerprint density at radius 1 is 1.41 bits per heavy atom. The molecular weight excluding hydrogens is 333 g/mol. The Kier molecular flexibility index (Phi) is 3.65. The van der Waals surface area contributed by atoms with E-state index in [1.165, 1.54) is 24.4 Å². The average molecular weight is 344 g/mol. The smallest absolute Gasteiger partial charge is 0.271 e. The second-order valence-electron chi connectivity index (χ2n) is 4.83. The minimum Gasteiger partial charge on any atom is -0.277 e. The van der Waals surface area contributed by atoms with Crippen molar-refractivity contribution in [1.82, 2.24) is 14.5 Å². The van der Waals surface area contributed by atoms with Crippen LogP contribution in [0.1, 0.15) is 16.8 Å². The van der Waals surface area contributed by atoms with Crippen LogP contribution in [0.15, 0.2) is 24.4 Å². The van der Waals surface area contributed by atoms with Gasteiger partial charge in [0.1, 0.15) is 5.82 Å². The third kappa shape index (κ3) is 2.48. The number of nitrogens with one attached hydrogen (secondary N) is 1. The van der Waals surface area contributed by atoms with Crippen LogP contribution in [-0.2, 0) is 10.0 Å². The highest BCUT2D eigenvalue weighted by Gasteiger charge is 2.34. The number of halogens is 2. The molecule has 0 aliphatic carbocycles. The maximum atomic E-state index is 13.2. The van der Waals surface area contributed by atoms with Gasteiger partial charge in [0.15, 0.2) is 0 Å². The number of hydrogen-bond acceptors (Lipinski definition) is 4. The Hall–Kier alpha value is -1.93. The quantitative estimate of drug-likeness (QED) is 0.904. The second-order valence-corrected chi connectivity index (χ2v) is 7.25. The molecule has 0 atom stereocenters. The van der Waals surface area contributed by atoms with E-state index in [-0.39, 0.29) is 22.9 Å². The lowest BCUT2D eigenvalue weighted by atomic mass is 10.1. The zero-order valence-electron chi connectivity index (χ0n) is 11.2. The van der Waals surface area contributed by atoms with E-state index in [4.69, 9.17) is 11.6 Å². The van der Waals surface area contributed by atoms with Crippen molar-refractivity contribution >= 4 is 27.5 Å². The molecular formula is C13H11ClFN3O3S. The SMILES string of the molecule is O=C(c1cn[nH]c1-c1ccc(F)c(Cl)c1)N1CCCS1(=O)=O. The first-order chi connectivity index (χ1) is 10.4. The van der Waals surface area contributed by atoms with Crippen LogP contribution in [0.2, 0.25) is 5.02 Å². The number of benzene rings is 1. The first kappa shape index (κ1) is 15.0. The predicted molar refractivity (Wildman–Crippen MR) is 78.4 cm³/mol. The number of H-pyrrole nitrogens is 1. The molecule has 0 saturated carbocycles. The molecule has 1 aliphatic heterocycles. The molecule has 1 aliphatic rings. The number of amides is 1. The van der Waals surface area contributed by atoms with E-state index >= 15 is 0 Å². The molecule has 6 nitrogen and oxygen atoms in total. The lowest BCUT2D eigenvalue weighted by Crippen LogP contribution is -2.32. The van der Waals surface area contributed by atoms with Gasteiger partial charge in [0.2, 0.25) is 10.0 Å². The average Bonchev–Trinajstić information content (AvgIpc) is 3.07. The molecule has 22 heavy (non-hydrogen) atoms. The van der Waals surface area contributed by atoms with Crippen LogP contribution in [0.3, 0.4) is 0 Å². The van der Waals surface area contributed by atoms with Gasteiger partial charge in [-0.05, 0) is 24.6 Å². The molecule has 1 fully saturated rings. The number of aromatic nitrogens is 2. The molecule has 0 radical (unpaired) electrons. The van der Waals surface area contributed by atoms with Crippen LogP contribution < -0.4 is 0 Å². The third-order valence-electron chi connectivity index (χ3n) is 3.40. The maximum absolute atomic E-state index is 13.2. The standard InChI is InChI=1S/C13H11ClFN3O3S/c14-10-6-8(2-3-11(10)15)12-9(7-16-17-12)13(19)18-4-1-5-22(18,20)21/h2-3,6-7H,1,4-5H2,(H,16,17). The largest absolute Gasteiger partial charge is 0.277 e. The van der Waals surface area contributed by atoms with Crippen molar-refractivity contribution in [2.24, 2.45) is 0 Å². The predicted octanol–water partition coefficient (Wildman–Crippen LogP) is 2.04. The fourth-order valence-electron chi connectivity index (χ4n) is 2.32. The molecule has 0 spiro atoms. The van der Waals surface area contributed by atoms with Crippen LogP contribution >= 0.6 is 11.6 Å². The monoisotopic (exact) mass is 343 g/mol. The molecule has 116 valence electrons. The number of aromatic amines is 1. The molecule has 1 aromatic heterocycles. The topological polar surface area (TPSA) is 83.1 Å². The summed E-state index contributed by atoms with van der Waals surface area (Å²) in [5.41, 5.74) is 0.853. The van der Waals surface area contributed by atoms with Gasteiger partial charge in [0.25, 0.3) is 5.91 Å². The number of rotatable bonds is 2. The van der Waals surface area contributed by atoms with E-state index in [9.17, 15) is 17.6 Å². The third-order valence-corrected chi connectivity index (χ3v) is 5.52. The molecule has 2 aromatic rings. The maximum Gasteiger partial charge on any atom is 0.271 e. The van der Waals surface area contributed by atoms with Gasteiger partial charge >= 0.3 is 0 Å². The summed E-state index contributed by atoms with van der Waals surface area (Å²) in [5.74, 6) is -1.28. The zero-order chi connectivity index (χ0) is 15.9. The summed E-state index contributed by atoms with van der Waals surface area (Å²) in [5, 5.41) is 6.32. The Morgan fingerprint density at radius 3 is 2.82 bits per heavy atom. The molecule has 1 aromatic carbocycles. The van der Waals surface area contributed by atoms with Crippen LogP contribution in [0.4, 0.5) is 4.39 Å². The fraction of sp³-hybridized carbons (Fsp3) is 0.231. The van der Waals surface area contributed by atoms with Gasteiger partial charge in [-0.25, -0.2) is 17.1 Å². The summed E-state index contributed by atoms with van der Waals surface area (Å²) in [6, 6.07) is 3.95. The van der Waals surface area contributed by atoms with Crippen LogP contribution in [0, 0.1) is 5.82 Å². The number of carbonyl (C=O) groups excluding carboxylic acids is 1. The highest BCUT2D eigenvalue weighted by molar-refractivity contribution is 7.89. The fourth-order valence-corrected chi connectivity index (χ4v) is 3.98. The summed E-state index contributed by atoms with van der Waals surface area (Å²) in [7, 11) is -3.57. The second kappa shape index (κ2) is 5.36. The van der Waals surface area contributed by atoms with E-state index in [1.807, 2.05) is 0 Å². The highest BCUT2D eigenvalue weighted by Crippen LogP contribution is 2.28. The van der Waals surface area contributed by atoms with E-state index < -0.39 is 21.7 Å². The van der Waals surface area contributed by atoms with Gasteiger partial charge in [-0.1, -0.05) is 11.6 Å². The lowest BCUT2D eigenvalue weighted by molar-refractivity contribution is 0.0870. The van der Waals surface area contributed by atoms with E-state index in [2.05, 4.69) is 10.2 Å². The van der Waals surface area contributed by atoms with Gasteiger partial charge in [-0.2, -0.15) is 5.10 Å². The molecule has 9 heteroatoms. The Bertz CT molecular complexity index is 850. The molecule has 2 heterocycles. The minimum absolute atomic E-state index is 0.0473. The Labute approximate surface area is 130 Å². The number of nitrogens with zero attached hydrogens (tertiary/aromatic N) is 2. The summed E-state index contributed by atoms with van der Waals surface area (Å²) >= 11 is 5.73. The van der Waals surface area contributed by atoms with E-state index in [0.29, 0.717) is 17.7 Å². The summed E-state index contributed by atoms with van der Waals surface area (Å²) < 4.78 is 37.8. The first-order valence-corrected chi connectivity index (χ1v) is 8.42. The van der Waals surface area contributed by atoms with Crippen molar-refractivity contribution in [1.29, 1.82) is 0 Å². The van der Waals surface area contributed by atoms with Gasteiger partial charge < -0.3 is 0 Å². The highest BCUT2D eigenvalue weighted by atomic mass is 35.5. The van der Waals surface area contributed by atoms with Crippen molar-refractivity contribution < 1.29 is 17.6 Å². The normalized spacial score (nSPS) is 16.9. The van der Waals surface area contributed by atoms with Crippen LogP contribution in [0.5, 0.6) is 0 Å². The van der Waals surface area contributed by atoms with Crippen molar-refractivity contribution in [2.45, 2.75) is 6.42 Å². The van der Waals surface area contributed by atoms with Crippen molar-refractivity contribution in [3.8, 4) is 11.3 Å². The molecule has 0 bridgehead atoms. The minimum atomic E-state index is -3.57. The molecule has 1 N–H and O–H groups in total. The molecule has 1 amide bonds. The Balaban J connectivity index is 2.02. The Morgan fingerprint density at radius 2 is 2.18 bits per heavy atom. The van der Waals surface area contributed by atoms with Crippen molar-refractivity contribution in [2.75, 3.05) is 12.3 Å². The molecule has 3 rings (SSSR count). The van der Waals surface area contributed by atoms with Gasteiger partial charge in [-0.15, -0.1) is 0 Å². The van der Waals surface area contributed by atoms with E-state index in [0.717, 1.165) is 4.31 Å². The van der Waals surface area contributed by atoms with Crippen molar-refractivity contribution in [3.05, 3.63) is 40.8 Å². The molecule has 0 unspecified atom stereocenters. The number of sulfonamides is 1. The van der Waals surface area contributed by atoms with Crippen molar-refractivity contribution in [3.63, 3.8) is 0 Å². The first-order valence-electron chi connectivity index (χ1n) is 6.44. The lowest BCUT2D eigenvalue weighted by Gasteiger charge is -2.14. The number of carbonyl (C=O) groups is 1. The van der Waals surface area contributed by atoms with Gasteiger partial charge in [0, 0.05) is 12.1 Å². The summed E-state index contributed by atoms with van der Waals surface area (Å²) in [4.78, 5) is 12.4. The van der Waals surface area contributed by atoms with E-state index in [1.54, 1.807) is 0 Å². The van der Waals surface area contributed by atoms with Crippen LogP contribution in [0.25, 0.3) is 11.3 Å². The summed E-state index contributed by atoms with van der Waals surface area (Å²) in [6.45, 7) is 0.149. The zero-order valence-corrected chi connectivity index (χ0v) is 12.8. The molecule has 1 saturated heterocycles. The summed E-state index contributed by atoms with van der Waals surface area (Å²) in [6.07, 6.45) is 1.66. The van der Waals surface area contributed by atoms with Crippen LogP contribution in [-0.4, -0.2) is 41.1 Å². The number of hydrogen-bond donors (Lipinski definition) is 1.